The van der Waals surface area contributed by atoms with E-state index in [0.717, 1.165) is 32.6 Å². The van der Waals surface area contributed by atoms with Crippen LogP contribution >= 0.6 is 11.6 Å². The van der Waals surface area contributed by atoms with E-state index >= 15 is 0 Å². The van der Waals surface area contributed by atoms with Crippen LogP contribution in [0.4, 0.5) is 10.1 Å². The minimum atomic E-state index is -3.75. The molecule has 0 atom stereocenters. The highest BCUT2D eigenvalue weighted by Gasteiger charge is 2.37. The Bertz CT molecular complexity index is 1040. The van der Waals surface area contributed by atoms with Gasteiger partial charge < -0.3 is 5.32 Å². The van der Waals surface area contributed by atoms with Crippen LogP contribution < -0.4 is 5.32 Å². The summed E-state index contributed by atoms with van der Waals surface area (Å²) in [7, 11) is -3.75. The SMILES string of the molecule is Cc1cc(C)c(CN2CCN(CC(=O)Nc3ccc(F)c(Cl)c3)S2(=O)=O)c(C)c1. The van der Waals surface area contributed by atoms with Gasteiger partial charge in [0.1, 0.15) is 5.82 Å². The van der Waals surface area contributed by atoms with Crippen molar-refractivity contribution < 1.29 is 17.6 Å². The molecule has 0 spiro atoms. The summed E-state index contributed by atoms with van der Waals surface area (Å²) in [5.41, 5.74) is 4.50. The normalized spacial score (nSPS) is 16.9. The quantitative estimate of drug-likeness (QED) is 0.776. The number of amides is 1. The number of aryl methyl sites for hydroxylation is 3. The molecule has 6 nitrogen and oxygen atoms in total. The number of nitrogens with one attached hydrogen (secondary N) is 1. The number of anilines is 1. The van der Waals surface area contributed by atoms with Crippen molar-refractivity contribution in [2.75, 3.05) is 25.0 Å². The molecule has 0 unspecified atom stereocenters. The van der Waals surface area contributed by atoms with Crippen LogP contribution in [0.15, 0.2) is 30.3 Å². The van der Waals surface area contributed by atoms with E-state index in [4.69, 9.17) is 11.6 Å². The van der Waals surface area contributed by atoms with E-state index < -0.39 is 21.9 Å². The largest absolute Gasteiger partial charge is 0.325 e. The number of carbonyl (C=O) groups is 1. The molecule has 9 heteroatoms. The maximum atomic E-state index is 13.2. The second-order valence-electron chi connectivity index (χ2n) is 7.23. The van der Waals surface area contributed by atoms with Crippen molar-refractivity contribution in [1.82, 2.24) is 8.61 Å². The van der Waals surface area contributed by atoms with Gasteiger partial charge in [-0.15, -0.1) is 0 Å². The topological polar surface area (TPSA) is 69.7 Å². The molecule has 1 aliphatic rings. The summed E-state index contributed by atoms with van der Waals surface area (Å²) in [6.07, 6.45) is 0. The van der Waals surface area contributed by atoms with Crippen LogP contribution in [0.5, 0.6) is 0 Å². The van der Waals surface area contributed by atoms with Gasteiger partial charge in [-0.3, -0.25) is 4.79 Å². The zero-order valence-electron chi connectivity index (χ0n) is 16.5. The number of carbonyl (C=O) groups excluding carboxylic acids is 1. The zero-order chi connectivity index (χ0) is 21.3. The van der Waals surface area contributed by atoms with Gasteiger partial charge in [0.25, 0.3) is 10.2 Å². The Morgan fingerprint density at radius 1 is 1.10 bits per heavy atom. The molecule has 1 aliphatic heterocycles. The summed E-state index contributed by atoms with van der Waals surface area (Å²) in [5, 5.41) is 2.43. The van der Waals surface area contributed by atoms with Crippen molar-refractivity contribution in [3.05, 3.63) is 63.4 Å². The van der Waals surface area contributed by atoms with Gasteiger partial charge in [-0.2, -0.15) is 17.0 Å². The Balaban J connectivity index is 1.68. The average molecular weight is 440 g/mol. The molecule has 0 aromatic heterocycles. The predicted molar refractivity (Wildman–Crippen MR) is 112 cm³/mol. The smallest absolute Gasteiger partial charge is 0.282 e. The number of nitrogens with zero attached hydrogens (tertiary/aromatic N) is 2. The van der Waals surface area contributed by atoms with Gasteiger partial charge in [-0.25, -0.2) is 4.39 Å². The average Bonchev–Trinajstić information content (AvgIpc) is 2.88. The maximum Gasteiger partial charge on any atom is 0.282 e. The molecular weight excluding hydrogens is 417 g/mol. The lowest BCUT2D eigenvalue weighted by atomic mass is 10.00. The van der Waals surface area contributed by atoms with Crippen LogP contribution in [0.3, 0.4) is 0 Å². The number of hydrogen-bond donors (Lipinski definition) is 1. The first-order valence-corrected chi connectivity index (χ1v) is 10.9. The fourth-order valence-corrected chi connectivity index (χ4v) is 5.21. The zero-order valence-corrected chi connectivity index (χ0v) is 18.1. The second kappa shape index (κ2) is 8.39. The molecule has 0 radical (unpaired) electrons. The van der Waals surface area contributed by atoms with Crippen LogP contribution in [-0.2, 0) is 21.5 Å². The summed E-state index contributed by atoms with van der Waals surface area (Å²) in [6, 6.07) is 7.85. The fourth-order valence-electron chi connectivity index (χ4n) is 3.51. The first kappa shape index (κ1) is 21.7. The van der Waals surface area contributed by atoms with E-state index in [1.807, 2.05) is 32.9 Å². The summed E-state index contributed by atoms with van der Waals surface area (Å²) < 4.78 is 41.5. The molecular formula is C20H23ClFN3O3S. The van der Waals surface area contributed by atoms with Crippen molar-refractivity contribution in [3.63, 3.8) is 0 Å². The molecule has 156 valence electrons. The van der Waals surface area contributed by atoms with Crippen LogP contribution in [0.2, 0.25) is 5.02 Å². The van der Waals surface area contributed by atoms with Crippen LogP contribution in [0.25, 0.3) is 0 Å². The molecule has 0 bridgehead atoms. The molecule has 0 saturated carbocycles. The highest BCUT2D eigenvalue weighted by Crippen LogP contribution is 2.24. The molecule has 1 amide bonds. The van der Waals surface area contributed by atoms with Crippen molar-refractivity contribution in [3.8, 4) is 0 Å². The minimum Gasteiger partial charge on any atom is -0.325 e. The fraction of sp³-hybridized carbons (Fsp3) is 0.350. The van der Waals surface area contributed by atoms with Crippen LogP contribution in [0.1, 0.15) is 22.3 Å². The monoisotopic (exact) mass is 439 g/mol. The summed E-state index contributed by atoms with van der Waals surface area (Å²) >= 11 is 5.70. The minimum absolute atomic E-state index is 0.119. The molecule has 1 fully saturated rings. The Hall–Kier alpha value is -2.00. The molecule has 3 rings (SSSR count). The second-order valence-corrected chi connectivity index (χ2v) is 9.56. The van der Waals surface area contributed by atoms with E-state index in [1.165, 1.54) is 16.4 Å². The molecule has 0 aliphatic carbocycles. The molecule has 2 aromatic rings. The maximum absolute atomic E-state index is 13.2. The highest BCUT2D eigenvalue weighted by molar-refractivity contribution is 7.87. The van der Waals surface area contributed by atoms with Crippen molar-refractivity contribution in [2.45, 2.75) is 27.3 Å². The number of benzene rings is 2. The van der Waals surface area contributed by atoms with E-state index in [-0.39, 0.29) is 24.7 Å². The van der Waals surface area contributed by atoms with E-state index in [9.17, 15) is 17.6 Å². The highest BCUT2D eigenvalue weighted by atomic mass is 35.5. The summed E-state index contributed by atoms with van der Waals surface area (Å²) in [5.74, 6) is -1.11. The Morgan fingerprint density at radius 2 is 1.72 bits per heavy atom. The van der Waals surface area contributed by atoms with E-state index in [0.29, 0.717) is 12.2 Å². The van der Waals surface area contributed by atoms with Gasteiger partial charge in [0.2, 0.25) is 5.91 Å². The van der Waals surface area contributed by atoms with Crippen molar-refractivity contribution in [1.29, 1.82) is 0 Å². The van der Waals surface area contributed by atoms with Crippen molar-refractivity contribution >= 4 is 33.4 Å². The van der Waals surface area contributed by atoms with E-state index in [1.54, 1.807) is 0 Å². The standard InChI is InChI=1S/C20H23ClFN3O3S/c1-13-8-14(2)17(15(3)9-13)11-24-6-7-25(29(24,27)28)12-20(26)23-16-4-5-19(22)18(21)10-16/h4-5,8-10H,6-7,11-12H2,1-3H3,(H,23,26). The lowest BCUT2D eigenvalue weighted by Gasteiger charge is -2.20. The summed E-state index contributed by atoms with van der Waals surface area (Å²) in [6.45, 7) is 6.43. The van der Waals surface area contributed by atoms with Crippen LogP contribution in [-0.4, -0.2) is 42.6 Å². The number of rotatable bonds is 5. The predicted octanol–water partition coefficient (Wildman–Crippen LogP) is 3.41. The number of hydrogen-bond acceptors (Lipinski definition) is 3. The van der Waals surface area contributed by atoms with Gasteiger partial charge in [-0.1, -0.05) is 29.3 Å². The summed E-state index contributed by atoms with van der Waals surface area (Å²) in [4.78, 5) is 12.3. The van der Waals surface area contributed by atoms with Gasteiger partial charge in [0.15, 0.2) is 0 Å². The molecule has 2 aromatic carbocycles. The third-order valence-electron chi connectivity index (χ3n) is 4.95. The number of halogens is 2. The Kier molecular flexibility index (Phi) is 6.28. The van der Waals surface area contributed by atoms with Gasteiger partial charge in [0, 0.05) is 25.3 Å². The third kappa shape index (κ3) is 4.78. The van der Waals surface area contributed by atoms with Gasteiger partial charge >= 0.3 is 0 Å². The van der Waals surface area contributed by atoms with Crippen LogP contribution in [0, 0.1) is 26.6 Å². The first-order valence-electron chi connectivity index (χ1n) is 9.15. The van der Waals surface area contributed by atoms with Crippen molar-refractivity contribution in [2.24, 2.45) is 0 Å². The lowest BCUT2D eigenvalue weighted by molar-refractivity contribution is -0.116. The van der Waals surface area contributed by atoms with Gasteiger partial charge in [0.05, 0.1) is 11.6 Å². The lowest BCUT2D eigenvalue weighted by Crippen LogP contribution is -2.38. The third-order valence-corrected chi connectivity index (χ3v) is 7.17. The molecule has 29 heavy (non-hydrogen) atoms. The van der Waals surface area contributed by atoms with Gasteiger partial charge in [-0.05, 0) is 55.7 Å². The molecule has 1 saturated heterocycles. The molecule has 1 heterocycles. The Labute approximate surface area is 175 Å². The van der Waals surface area contributed by atoms with E-state index in [2.05, 4.69) is 5.32 Å². The Morgan fingerprint density at radius 3 is 2.34 bits per heavy atom. The molecule has 1 N–H and O–H groups in total. The first-order chi connectivity index (χ1) is 13.6.